The monoisotopic (exact) mass is 636 g/mol. The third-order valence-electron chi connectivity index (χ3n) is 8.63. The molecule has 0 radical (unpaired) electrons. The molecule has 2 atom stereocenters. The molecule has 0 bridgehead atoms. The highest BCUT2D eigenvalue weighted by atomic mass is 35.5. The van der Waals surface area contributed by atoms with Crippen LogP contribution in [0.1, 0.15) is 52.6 Å². The van der Waals surface area contributed by atoms with E-state index in [1.165, 1.54) is 5.56 Å². The van der Waals surface area contributed by atoms with E-state index in [1.54, 1.807) is 18.3 Å². The molecule has 0 N–H and O–H groups in total. The zero-order chi connectivity index (χ0) is 30.5. The molecule has 5 rings (SSSR count). The maximum Gasteiger partial charge on any atom is 0.258 e. The Morgan fingerprint density at radius 2 is 1.72 bits per heavy atom. The van der Waals surface area contributed by atoms with Gasteiger partial charge in [-0.05, 0) is 91.0 Å². The van der Waals surface area contributed by atoms with Crippen molar-refractivity contribution in [1.82, 2.24) is 9.80 Å². The van der Waals surface area contributed by atoms with E-state index in [0.717, 1.165) is 60.1 Å². The van der Waals surface area contributed by atoms with Crippen molar-refractivity contribution >= 4 is 50.7 Å². The highest BCUT2D eigenvalue weighted by molar-refractivity contribution is 7.84. The summed E-state index contributed by atoms with van der Waals surface area (Å²) in [4.78, 5) is 19.2. The minimum absolute atomic E-state index is 0.0608. The zero-order valence-electron chi connectivity index (χ0n) is 24.9. The van der Waals surface area contributed by atoms with Gasteiger partial charge < -0.3 is 14.5 Å². The molecule has 0 spiro atoms. The van der Waals surface area contributed by atoms with Gasteiger partial charge in [-0.25, -0.2) is 0 Å². The largest absolute Gasteiger partial charge is 0.496 e. The molecule has 1 saturated heterocycles. The minimum atomic E-state index is -0.993. The molecular formula is C35H38Cl2N2O3S. The summed E-state index contributed by atoms with van der Waals surface area (Å²) in [5.74, 6) is 0.969. The molecule has 1 aliphatic rings. The van der Waals surface area contributed by atoms with Crippen LogP contribution in [0.2, 0.25) is 10.0 Å². The summed E-state index contributed by atoms with van der Waals surface area (Å²) < 4.78 is 17.9. The number of likely N-dealkylation sites (N-methyl/N-ethyl adjacent to an activating group) is 1. The summed E-state index contributed by atoms with van der Waals surface area (Å²) in [6, 6.07) is 25.7. The number of carbonyl (C=O) groups is 1. The van der Waals surface area contributed by atoms with Gasteiger partial charge >= 0.3 is 0 Å². The molecule has 43 heavy (non-hydrogen) atoms. The van der Waals surface area contributed by atoms with Crippen LogP contribution >= 0.6 is 23.2 Å². The van der Waals surface area contributed by atoms with Gasteiger partial charge in [-0.1, -0.05) is 77.8 Å². The van der Waals surface area contributed by atoms with Gasteiger partial charge in [-0.2, -0.15) is 0 Å². The van der Waals surface area contributed by atoms with Crippen molar-refractivity contribution in [3.8, 4) is 5.75 Å². The lowest BCUT2D eigenvalue weighted by molar-refractivity contribution is 0.0780. The Morgan fingerprint density at radius 3 is 2.44 bits per heavy atom. The number of methoxy groups -OCH3 is 1. The van der Waals surface area contributed by atoms with E-state index in [9.17, 15) is 9.00 Å². The molecule has 5 nitrogen and oxygen atoms in total. The van der Waals surface area contributed by atoms with Crippen LogP contribution in [0.4, 0.5) is 0 Å². The van der Waals surface area contributed by atoms with E-state index in [0.29, 0.717) is 33.8 Å². The molecule has 1 heterocycles. The van der Waals surface area contributed by atoms with E-state index < -0.39 is 10.8 Å². The number of hydrogen-bond acceptors (Lipinski definition) is 4. The number of benzene rings is 4. The average Bonchev–Trinajstić information content (AvgIpc) is 3.03. The van der Waals surface area contributed by atoms with Crippen LogP contribution in [0.3, 0.4) is 0 Å². The summed E-state index contributed by atoms with van der Waals surface area (Å²) >= 11 is 12.7. The smallest absolute Gasteiger partial charge is 0.258 e. The van der Waals surface area contributed by atoms with Gasteiger partial charge in [-0.15, -0.1) is 0 Å². The standard InChI is InChI=1S/C35H38Cl2N2O3S/c1-38(35(40)34-29-10-5-4-8-24(29)13-15-32(34)42-2)23-27(26-12-14-30(36)31(37)22-26)18-21-39-19-16-25(17-20-39)28-9-6-7-11-33(28)43(3)41/h4-15,22,25,27H,16-21,23H2,1-3H3/t27?,43-/m0/s1. The second kappa shape index (κ2) is 14.3. The third kappa shape index (κ3) is 7.26. The Bertz CT molecular complexity index is 1620. The predicted molar refractivity (Wildman–Crippen MR) is 178 cm³/mol. The molecule has 0 aliphatic carbocycles. The first-order valence-corrected chi connectivity index (χ1v) is 17.0. The molecule has 1 amide bonds. The van der Waals surface area contributed by atoms with E-state index in [2.05, 4.69) is 11.0 Å². The zero-order valence-corrected chi connectivity index (χ0v) is 27.2. The number of likely N-dealkylation sites (tertiary alicyclic amines) is 1. The number of carbonyl (C=O) groups excluding carboxylic acids is 1. The van der Waals surface area contributed by atoms with Crippen LogP contribution in [0.5, 0.6) is 5.75 Å². The molecule has 0 aromatic heterocycles. The van der Waals surface area contributed by atoms with E-state index in [4.69, 9.17) is 27.9 Å². The van der Waals surface area contributed by atoms with Gasteiger partial charge in [0.1, 0.15) is 5.75 Å². The van der Waals surface area contributed by atoms with Crippen LogP contribution in [-0.2, 0) is 10.8 Å². The van der Waals surface area contributed by atoms with Crippen LogP contribution in [0.15, 0.2) is 83.8 Å². The van der Waals surface area contributed by atoms with Gasteiger partial charge in [0.2, 0.25) is 0 Å². The molecule has 1 fully saturated rings. The highest BCUT2D eigenvalue weighted by Crippen LogP contribution is 2.34. The van der Waals surface area contributed by atoms with Crippen molar-refractivity contribution < 1.29 is 13.7 Å². The highest BCUT2D eigenvalue weighted by Gasteiger charge is 2.26. The maximum atomic E-state index is 13.9. The Balaban J connectivity index is 1.31. The van der Waals surface area contributed by atoms with E-state index in [1.807, 2.05) is 79.8 Å². The summed E-state index contributed by atoms with van der Waals surface area (Å²) in [5.41, 5.74) is 2.86. The number of fused-ring (bicyclic) bond motifs is 1. The van der Waals surface area contributed by atoms with Gasteiger partial charge in [0.25, 0.3) is 5.91 Å². The molecular weight excluding hydrogens is 599 g/mol. The Hall–Kier alpha value is -2.90. The van der Waals surface area contributed by atoms with Crippen LogP contribution < -0.4 is 4.74 Å². The normalized spacial score (nSPS) is 15.7. The summed E-state index contributed by atoms with van der Waals surface area (Å²) in [6.07, 6.45) is 4.69. The second-order valence-electron chi connectivity index (χ2n) is 11.3. The Kier molecular flexibility index (Phi) is 10.5. The van der Waals surface area contributed by atoms with Crippen molar-refractivity contribution in [2.75, 3.05) is 46.6 Å². The molecule has 4 aromatic rings. The fourth-order valence-electron chi connectivity index (χ4n) is 6.26. The van der Waals surface area contributed by atoms with Crippen molar-refractivity contribution in [3.63, 3.8) is 0 Å². The number of piperidine rings is 1. The van der Waals surface area contributed by atoms with Crippen molar-refractivity contribution in [2.45, 2.75) is 36.0 Å². The van der Waals surface area contributed by atoms with Crippen molar-refractivity contribution in [3.05, 3.63) is 106 Å². The molecule has 8 heteroatoms. The number of hydrogen-bond donors (Lipinski definition) is 0. The average molecular weight is 638 g/mol. The first-order valence-electron chi connectivity index (χ1n) is 14.7. The minimum Gasteiger partial charge on any atom is -0.496 e. The molecule has 0 saturated carbocycles. The van der Waals surface area contributed by atoms with Gasteiger partial charge in [0, 0.05) is 30.7 Å². The van der Waals surface area contributed by atoms with Crippen LogP contribution in [-0.4, -0.2) is 66.5 Å². The number of rotatable bonds is 10. The van der Waals surface area contributed by atoms with Crippen LogP contribution in [0, 0.1) is 0 Å². The van der Waals surface area contributed by atoms with Gasteiger partial charge in [-0.3, -0.25) is 9.00 Å². The topological polar surface area (TPSA) is 49.9 Å². The van der Waals surface area contributed by atoms with Gasteiger partial charge in [0.15, 0.2) is 0 Å². The first-order chi connectivity index (χ1) is 20.8. The predicted octanol–water partition coefficient (Wildman–Crippen LogP) is 8.02. The molecule has 4 aromatic carbocycles. The lowest BCUT2D eigenvalue weighted by Crippen LogP contribution is -2.36. The maximum absolute atomic E-state index is 13.9. The van der Waals surface area contributed by atoms with Crippen molar-refractivity contribution in [2.24, 2.45) is 0 Å². The molecule has 1 unspecified atom stereocenters. The van der Waals surface area contributed by atoms with E-state index in [-0.39, 0.29) is 11.8 Å². The fourth-order valence-corrected chi connectivity index (χ4v) is 7.41. The summed E-state index contributed by atoms with van der Waals surface area (Å²) in [6.45, 7) is 3.38. The third-order valence-corrected chi connectivity index (χ3v) is 10.4. The summed E-state index contributed by atoms with van der Waals surface area (Å²) in [5, 5.41) is 2.91. The number of nitrogens with zero attached hydrogens (tertiary/aromatic N) is 2. The Labute approximate surface area is 267 Å². The van der Waals surface area contributed by atoms with Gasteiger partial charge in [0.05, 0.1) is 33.5 Å². The van der Waals surface area contributed by atoms with Crippen molar-refractivity contribution in [1.29, 1.82) is 0 Å². The Morgan fingerprint density at radius 1 is 1.00 bits per heavy atom. The quantitative estimate of drug-likeness (QED) is 0.177. The number of ether oxygens (including phenoxy) is 1. The number of halogens is 2. The number of amides is 1. The molecule has 226 valence electrons. The summed E-state index contributed by atoms with van der Waals surface area (Å²) in [7, 11) is 2.46. The SMILES string of the molecule is COc1ccc2ccccc2c1C(=O)N(C)CC(CCN1CCC(c2ccccc2[S@](C)=O)CC1)c1ccc(Cl)c(Cl)c1. The van der Waals surface area contributed by atoms with E-state index >= 15 is 0 Å². The lowest BCUT2D eigenvalue weighted by Gasteiger charge is -2.34. The second-order valence-corrected chi connectivity index (χ2v) is 13.5. The van der Waals surface area contributed by atoms with Crippen LogP contribution in [0.25, 0.3) is 10.8 Å². The lowest BCUT2D eigenvalue weighted by atomic mass is 9.88. The molecule has 1 aliphatic heterocycles. The fraction of sp³-hybridized carbons (Fsp3) is 0.343. The first kappa shape index (κ1) is 31.5.